The SMILES string of the molecule is COc1cnc(N2CCN(c3nnc(C)c4ccccc34)CC2)nc1. The highest BCUT2D eigenvalue weighted by molar-refractivity contribution is 5.93. The summed E-state index contributed by atoms with van der Waals surface area (Å²) in [6, 6.07) is 8.31. The molecule has 1 fully saturated rings. The van der Waals surface area contributed by atoms with Crippen molar-refractivity contribution >= 4 is 22.5 Å². The number of anilines is 2. The predicted octanol–water partition coefficient (Wildman–Crippen LogP) is 2.06. The minimum absolute atomic E-state index is 0.670. The van der Waals surface area contributed by atoms with Gasteiger partial charge in [-0.1, -0.05) is 24.3 Å². The fourth-order valence-electron chi connectivity index (χ4n) is 3.15. The van der Waals surface area contributed by atoms with Crippen molar-refractivity contribution in [1.82, 2.24) is 20.2 Å². The molecular formula is C18H20N6O. The number of hydrogen-bond donors (Lipinski definition) is 0. The van der Waals surface area contributed by atoms with Crippen molar-refractivity contribution in [3.05, 3.63) is 42.4 Å². The lowest BCUT2D eigenvalue weighted by Gasteiger charge is -2.35. The van der Waals surface area contributed by atoms with Gasteiger partial charge < -0.3 is 14.5 Å². The molecule has 0 radical (unpaired) electrons. The first kappa shape index (κ1) is 15.6. The van der Waals surface area contributed by atoms with E-state index in [4.69, 9.17) is 4.74 Å². The van der Waals surface area contributed by atoms with Gasteiger partial charge in [0.2, 0.25) is 5.95 Å². The molecule has 0 atom stereocenters. The summed E-state index contributed by atoms with van der Waals surface area (Å²) >= 11 is 0. The number of benzene rings is 1. The van der Waals surface area contributed by atoms with Crippen LogP contribution in [0.15, 0.2) is 36.7 Å². The number of hydrogen-bond acceptors (Lipinski definition) is 7. The molecule has 1 saturated heterocycles. The Labute approximate surface area is 146 Å². The van der Waals surface area contributed by atoms with Crippen molar-refractivity contribution in [3.8, 4) is 5.75 Å². The van der Waals surface area contributed by atoms with E-state index >= 15 is 0 Å². The second kappa shape index (κ2) is 6.51. The zero-order valence-corrected chi connectivity index (χ0v) is 14.4. The van der Waals surface area contributed by atoms with Gasteiger partial charge in [-0.05, 0) is 6.92 Å². The average molecular weight is 336 g/mol. The Balaban J connectivity index is 1.53. The Morgan fingerprint density at radius 3 is 2.20 bits per heavy atom. The van der Waals surface area contributed by atoms with Crippen molar-refractivity contribution in [2.45, 2.75) is 6.92 Å². The summed E-state index contributed by atoms with van der Waals surface area (Å²) in [5.74, 6) is 2.36. The van der Waals surface area contributed by atoms with E-state index in [-0.39, 0.29) is 0 Å². The number of methoxy groups -OCH3 is 1. The van der Waals surface area contributed by atoms with Crippen LogP contribution in [0.5, 0.6) is 5.75 Å². The maximum absolute atomic E-state index is 5.11. The van der Waals surface area contributed by atoms with Crippen molar-refractivity contribution in [3.63, 3.8) is 0 Å². The summed E-state index contributed by atoms with van der Waals surface area (Å²) in [4.78, 5) is 13.2. The zero-order valence-electron chi connectivity index (χ0n) is 14.4. The highest BCUT2D eigenvalue weighted by atomic mass is 16.5. The number of piperazine rings is 1. The lowest BCUT2D eigenvalue weighted by molar-refractivity contribution is 0.410. The van der Waals surface area contributed by atoms with E-state index in [2.05, 4.69) is 42.1 Å². The molecule has 0 N–H and O–H groups in total. The Hall–Kier alpha value is -2.96. The predicted molar refractivity (Wildman–Crippen MR) is 97.3 cm³/mol. The molecule has 1 aliphatic heterocycles. The van der Waals surface area contributed by atoms with Gasteiger partial charge in [-0.2, -0.15) is 5.10 Å². The molecule has 0 saturated carbocycles. The van der Waals surface area contributed by atoms with E-state index in [0.29, 0.717) is 5.75 Å². The first-order valence-corrected chi connectivity index (χ1v) is 8.34. The van der Waals surface area contributed by atoms with Gasteiger partial charge in [-0.3, -0.25) is 0 Å². The highest BCUT2D eigenvalue weighted by Gasteiger charge is 2.22. The normalized spacial score (nSPS) is 14.8. The molecule has 0 unspecified atom stereocenters. The lowest BCUT2D eigenvalue weighted by Crippen LogP contribution is -2.47. The monoisotopic (exact) mass is 336 g/mol. The summed E-state index contributed by atoms with van der Waals surface area (Å²) < 4.78 is 5.11. The van der Waals surface area contributed by atoms with Crippen molar-refractivity contribution < 1.29 is 4.74 Å². The van der Waals surface area contributed by atoms with Crippen LogP contribution >= 0.6 is 0 Å². The van der Waals surface area contributed by atoms with E-state index in [9.17, 15) is 0 Å². The van der Waals surface area contributed by atoms with E-state index in [0.717, 1.165) is 54.4 Å². The van der Waals surface area contributed by atoms with Gasteiger partial charge in [0.15, 0.2) is 11.6 Å². The van der Waals surface area contributed by atoms with Crippen molar-refractivity contribution in [2.75, 3.05) is 43.1 Å². The molecule has 0 spiro atoms. The summed E-state index contributed by atoms with van der Waals surface area (Å²) in [6.45, 7) is 5.40. The zero-order chi connectivity index (χ0) is 17.2. The van der Waals surface area contributed by atoms with Gasteiger partial charge in [0.1, 0.15) is 0 Å². The van der Waals surface area contributed by atoms with Crippen molar-refractivity contribution in [1.29, 1.82) is 0 Å². The maximum atomic E-state index is 5.11. The van der Waals surface area contributed by atoms with E-state index in [1.165, 1.54) is 0 Å². The molecule has 1 aromatic carbocycles. The van der Waals surface area contributed by atoms with Crippen LogP contribution in [0.1, 0.15) is 5.69 Å². The molecule has 7 nitrogen and oxygen atoms in total. The highest BCUT2D eigenvalue weighted by Crippen LogP contribution is 2.26. The summed E-state index contributed by atoms with van der Waals surface area (Å²) in [6.07, 6.45) is 3.40. The molecule has 3 aromatic rings. The van der Waals surface area contributed by atoms with Crippen LogP contribution < -0.4 is 14.5 Å². The second-order valence-electron chi connectivity index (χ2n) is 6.05. The first-order chi connectivity index (χ1) is 12.3. The van der Waals surface area contributed by atoms with Gasteiger partial charge >= 0.3 is 0 Å². The molecule has 0 bridgehead atoms. The Bertz CT molecular complexity index is 874. The summed E-state index contributed by atoms with van der Waals surface area (Å²) in [5.41, 5.74) is 0.963. The molecular weight excluding hydrogens is 316 g/mol. The Morgan fingerprint density at radius 1 is 0.880 bits per heavy atom. The van der Waals surface area contributed by atoms with Crippen LogP contribution in [0, 0.1) is 6.92 Å². The number of aryl methyl sites for hydroxylation is 1. The fourth-order valence-corrected chi connectivity index (χ4v) is 3.15. The topological polar surface area (TPSA) is 67.3 Å². The molecule has 3 heterocycles. The van der Waals surface area contributed by atoms with Gasteiger partial charge in [0.05, 0.1) is 25.2 Å². The molecule has 0 amide bonds. The van der Waals surface area contributed by atoms with Gasteiger partial charge in [-0.15, -0.1) is 5.10 Å². The maximum Gasteiger partial charge on any atom is 0.225 e. The molecule has 1 aliphatic rings. The molecule has 7 heteroatoms. The minimum atomic E-state index is 0.670. The molecule has 25 heavy (non-hydrogen) atoms. The second-order valence-corrected chi connectivity index (χ2v) is 6.05. The van der Waals surface area contributed by atoms with E-state index < -0.39 is 0 Å². The first-order valence-electron chi connectivity index (χ1n) is 8.34. The number of ether oxygens (including phenoxy) is 1. The third kappa shape index (κ3) is 2.93. The van der Waals surface area contributed by atoms with Crippen molar-refractivity contribution in [2.24, 2.45) is 0 Å². The number of nitrogens with zero attached hydrogens (tertiary/aromatic N) is 6. The molecule has 2 aromatic heterocycles. The Morgan fingerprint density at radius 2 is 1.52 bits per heavy atom. The van der Waals surface area contributed by atoms with Crippen LogP contribution in [-0.4, -0.2) is 53.5 Å². The number of rotatable bonds is 3. The van der Waals surface area contributed by atoms with Crippen LogP contribution in [0.3, 0.4) is 0 Å². The minimum Gasteiger partial charge on any atom is -0.494 e. The fraction of sp³-hybridized carbons (Fsp3) is 0.333. The quantitative estimate of drug-likeness (QED) is 0.725. The molecule has 0 aliphatic carbocycles. The molecule has 128 valence electrons. The third-order valence-corrected chi connectivity index (χ3v) is 4.56. The van der Waals surface area contributed by atoms with E-state index in [1.54, 1.807) is 19.5 Å². The smallest absolute Gasteiger partial charge is 0.225 e. The van der Waals surface area contributed by atoms with Gasteiger partial charge in [-0.25, -0.2) is 9.97 Å². The molecule has 4 rings (SSSR count). The number of aromatic nitrogens is 4. The van der Waals surface area contributed by atoms with Crippen LogP contribution in [-0.2, 0) is 0 Å². The van der Waals surface area contributed by atoms with Gasteiger partial charge in [0.25, 0.3) is 0 Å². The number of fused-ring (bicyclic) bond motifs is 1. The Kier molecular flexibility index (Phi) is 4.05. The van der Waals surface area contributed by atoms with Crippen LogP contribution in [0.4, 0.5) is 11.8 Å². The summed E-state index contributed by atoms with van der Waals surface area (Å²) in [5, 5.41) is 11.1. The van der Waals surface area contributed by atoms with Gasteiger partial charge in [0, 0.05) is 37.0 Å². The standard InChI is InChI=1S/C18H20N6O/c1-13-15-5-3-4-6-16(15)17(22-21-13)23-7-9-24(10-8-23)18-19-11-14(25-2)12-20-18/h3-6,11-12H,7-10H2,1-2H3. The van der Waals surface area contributed by atoms with E-state index in [1.807, 2.05) is 19.1 Å². The lowest BCUT2D eigenvalue weighted by atomic mass is 10.1. The summed E-state index contributed by atoms with van der Waals surface area (Å²) in [7, 11) is 1.62. The van der Waals surface area contributed by atoms with Crippen LogP contribution in [0.2, 0.25) is 0 Å². The largest absolute Gasteiger partial charge is 0.494 e. The average Bonchev–Trinajstić information content (AvgIpc) is 2.69. The van der Waals surface area contributed by atoms with Crippen LogP contribution in [0.25, 0.3) is 10.8 Å². The third-order valence-electron chi connectivity index (χ3n) is 4.56.